The van der Waals surface area contributed by atoms with Gasteiger partial charge in [0.25, 0.3) is 0 Å². The lowest BCUT2D eigenvalue weighted by Gasteiger charge is -2.28. The van der Waals surface area contributed by atoms with E-state index in [1.54, 1.807) is 54.5 Å². The molecular formula is C28H43NO8. The Kier molecular flexibility index (Phi) is 11.8. The summed E-state index contributed by atoms with van der Waals surface area (Å²) >= 11 is 0. The molecule has 37 heavy (non-hydrogen) atoms. The van der Waals surface area contributed by atoms with Crippen molar-refractivity contribution in [2.24, 2.45) is 22.5 Å². The van der Waals surface area contributed by atoms with Crippen LogP contribution in [0.25, 0.3) is 0 Å². The van der Waals surface area contributed by atoms with E-state index >= 15 is 0 Å². The van der Waals surface area contributed by atoms with E-state index in [2.05, 4.69) is 0 Å². The van der Waals surface area contributed by atoms with E-state index in [4.69, 9.17) is 19.9 Å². The standard InChI is InChI=1S/C28H43NO8/c1-9-10-11-12-21(30)35-16-17(2)22(23(29)24(31)32)18-13-14-19(36-25(33)27(3,4)5)20(15-18)37-26(34)28(6,7)8/h13-15,17,22-23H,9-12,16,29H2,1-8H3,(H,31,32)/t17?,22?,23-/m0/s1. The molecule has 0 aromatic heterocycles. The maximum absolute atomic E-state index is 12.7. The summed E-state index contributed by atoms with van der Waals surface area (Å²) in [4.78, 5) is 49.2. The van der Waals surface area contributed by atoms with E-state index in [1.807, 2.05) is 6.92 Å². The Morgan fingerprint density at radius 2 is 1.46 bits per heavy atom. The Hall–Kier alpha value is -2.94. The predicted molar refractivity (Wildman–Crippen MR) is 139 cm³/mol. The number of aliphatic carboxylic acids is 1. The van der Waals surface area contributed by atoms with Crippen molar-refractivity contribution in [2.45, 2.75) is 93.0 Å². The van der Waals surface area contributed by atoms with Crippen LogP contribution in [0.3, 0.4) is 0 Å². The number of carboxylic acid groups (broad SMARTS) is 1. The number of hydrogen-bond donors (Lipinski definition) is 2. The molecule has 2 unspecified atom stereocenters. The van der Waals surface area contributed by atoms with Crippen molar-refractivity contribution in [1.82, 2.24) is 0 Å². The molecule has 3 N–H and O–H groups in total. The Morgan fingerprint density at radius 3 is 1.95 bits per heavy atom. The molecule has 0 spiro atoms. The summed E-state index contributed by atoms with van der Waals surface area (Å²) in [6.45, 7) is 13.9. The second kappa shape index (κ2) is 13.6. The van der Waals surface area contributed by atoms with Crippen LogP contribution < -0.4 is 15.2 Å². The molecule has 1 aromatic rings. The highest BCUT2D eigenvalue weighted by Crippen LogP contribution is 2.37. The third-order valence-electron chi connectivity index (χ3n) is 5.76. The van der Waals surface area contributed by atoms with E-state index in [9.17, 15) is 24.3 Å². The van der Waals surface area contributed by atoms with Gasteiger partial charge in [-0.3, -0.25) is 19.2 Å². The zero-order chi connectivity index (χ0) is 28.6. The lowest BCUT2D eigenvalue weighted by Crippen LogP contribution is -2.40. The molecule has 0 aliphatic rings. The lowest BCUT2D eigenvalue weighted by atomic mass is 9.82. The lowest BCUT2D eigenvalue weighted by molar-refractivity contribution is -0.146. The van der Waals surface area contributed by atoms with Gasteiger partial charge in [0.05, 0.1) is 17.4 Å². The highest BCUT2D eigenvalue weighted by molar-refractivity contribution is 5.81. The van der Waals surface area contributed by atoms with Crippen LogP contribution in [0.15, 0.2) is 18.2 Å². The van der Waals surface area contributed by atoms with Crippen molar-refractivity contribution in [2.75, 3.05) is 6.61 Å². The molecule has 0 saturated heterocycles. The molecule has 0 fully saturated rings. The number of carbonyl (C=O) groups is 4. The van der Waals surface area contributed by atoms with Gasteiger partial charge in [-0.25, -0.2) is 0 Å². The zero-order valence-corrected chi connectivity index (χ0v) is 23.4. The molecule has 0 bridgehead atoms. The largest absolute Gasteiger partial charge is 0.480 e. The molecule has 0 saturated carbocycles. The Balaban J connectivity index is 3.37. The zero-order valence-electron chi connectivity index (χ0n) is 23.4. The first-order valence-electron chi connectivity index (χ1n) is 12.7. The van der Waals surface area contributed by atoms with Gasteiger partial charge in [-0.05, 0) is 71.6 Å². The van der Waals surface area contributed by atoms with Crippen LogP contribution in [0.5, 0.6) is 11.5 Å². The number of unbranched alkanes of at least 4 members (excludes halogenated alkanes) is 2. The number of hydrogen-bond acceptors (Lipinski definition) is 8. The fraction of sp³-hybridized carbons (Fsp3) is 0.643. The minimum atomic E-state index is -1.33. The van der Waals surface area contributed by atoms with Crippen molar-refractivity contribution in [3.63, 3.8) is 0 Å². The Bertz CT molecular complexity index is 958. The average Bonchev–Trinajstić information content (AvgIpc) is 2.78. The maximum Gasteiger partial charge on any atom is 0.321 e. The van der Waals surface area contributed by atoms with E-state index in [0.717, 1.165) is 19.3 Å². The van der Waals surface area contributed by atoms with Crippen LogP contribution in [0.1, 0.15) is 92.6 Å². The molecule has 1 rings (SSSR count). The Morgan fingerprint density at radius 1 is 0.919 bits per heavy atom. The summed E-state index contributed by atoms with van der Waals surface area (Å²) in [7, 11) is 0. The van der Waals surface area contributed by atoms with Gasteiger partial charge < -0.3 is 25.1 Å². The number of benzene rings is 1. The summed E-state index contributed by atoms with van der Waals surface area (Å²) in [6, 6.07) is 3.16. The molecular weight excluding hydrogens is 478 g/mol. The molecule has 0 aliphatic carbocycles. The highest BCUT2D eigenvalue weighted by atomic mass is 16.6. The molecule has 0 amide bonds. The molecule has 3 atom stereocenters. The molecule has 0 aliphatic heterocycles. The smallest absolute Gasteiger partial charge is 0.321 e. The summed E-state index contributed by atoms with van der Waals surface area (Å²) in [5.74, 6) is -3.95. The van der Waals surface area contributed by atoms with Gasteiger partial charge in [0.1, 0.15) is 6.04 Å². The molecule has 9 heteroatoms. The van der Waals surface area contributed by atoms with Crippen molar-refractivity contribution in [3.8, 4) is 11.5 Å². The second-order valence-electron chi connectivity index (χ2n) is 11.5. The number of rotatable bonds is 12. The minimum Gasteiger partial charge on any atom is -0.480 e. The van der Waals surface area contributed by atoms with Crippen LogP contribution in [-0.4, -0.2) is 41.6 Å². The van der Waals surface area contributed by atoms with Gasteiger partial charge in [0.15, 0.2) is 11.5 Å². The highest BCUT2D eigenvalue weighted by Gasteiger charge is 2.34. The van der Waals surface area contributed by atoms with E-state index in [0.29, 0.717) is 5.56 Å². The number of carboxylic acids is 1. The van der Waals surface area contributed by atoms with Crippen molar-refractivity contribution < 1.29 is 38.5 Å². The van der Waals surface area contributed by atoms with Crippen LogP contribution in [0, 0.1) is 16.7 Å². The van der Waals surface area contributed by atoms with Crippen molar-refractivity contribution >= 4 is 23.9 Å². The van der Waals surface area contributed by atoms with E-state index < -0.39 is 46.6 Å². The fourth-order valence-corrected chi connectivity index (χ4v) is 3.36. The first-order chi connectivity index (χ1) is 17.0. The normalized spacial score (nSPS) is 14.3. The SMILES string of the molecule is CCCCCC(=O)OCC(C)C(c1ccc(OC(=O)C(C)(C)C)c(OC(=O)C(C)(C)C)c1)[C@H](N)C(=O)O. The van der Waals surface area contributed by atoms with E-state index in [1.165, 1.54) is 12.1 Å². The van der Waals surface area contributed by atoms with Gasteiger partial charge in [0, 0.05) is 12.3 Å². The van der Waals surface area contributed by atoms with Gasteiger partial charge in [-0.2, -0.15) is 0 Å². The molecule has 1 aromatic carbocycles. The monoisotopic (exact) mass is 521 g/mol. The summed E-state index contributed by atoms with van der Waals surface area (Å²) in [5, 5.41) is 9.68. The molecule has 208 valence electrons. The first-order valence-corrected chi connectivity index (χ1v) is 12.7. The minimum absolute atomic E-state index is 0.0265. The van der Waals surface area contributed by atoms with Gasteiger partial charge in [-0.15, -0.1) is 0 Å². The van der Waals surface area contributed by atoms with Crippen LogP contribution >= 0.6 is 0 Å². The molecule has 9 nitrogen and oxygen atoms in total. The number of esters is 3. The number of carbonyl (C=O) groups excluding carboxylic acids is 3. The number of ether oxygens (including phenoxy) is 3. The topological polar surface area (TPSA) is 142 Å². The summed E-state index contributed by atoms with van der Waals surface area (Å²) in [5.41, 5.74) is 4.84. The molecule has 0 heterocycles. The van der Waals surface area contributed by atoms with Gasteiger partial charge >= 0.3 is 23.9 Å². The van der Waals surface area contributed by atoms with Crippen molar-refractivity contribution in [1.29, 1.82) is 0 Å². The van der Waals surface area contributed by atoms with Gasteiger partial charge in [0.2, 0.25) is 0 Å². The molecule has 0 radical (unpaired) electrons. The van der Waals surface area contributed by atoms with Crippen molar-refractivity contribution in [3.05, 3.63) is 23.8 Å². The summed E-state index contributed by atoms with van der Waals surface area (Å²) < 4.78 is 16.5. The summed E-state index contributed by atoms with van der Waals surface area (Å²) in [6.07, 6.45) is 2.90. The average molecular weight is 522 g/mol. The van der Waals surface area contributed by atoms with Crippen LogP contribution in [0.2, 0.25) is 0 Å². The van der Waals surface area contributed by atoms with Crippen LogP contribution in [0.4, 0.5) is 0 Å². The number of nitrogens with two attached hydrogens (primary N) is 1. The second-order valence-corrected chi connectivity index (χ2v) is 11.5. The quantitative estimate of drug-likeness (QED) is 0.224. The third-order valence-corrected chi connectivity index (χ3v) is 5.76. The third kappa shape index (κ3) is 10.1. The van der Waals surface area contributed by atoms with Gasteiger partial charge in [-0.1, -0.05) is 32.8 Å². The Labute approximate surface area is 220 Å². The van der Waals surface area contributed by atoms with E-state index in [-0.39, 0.29) is 30.5 Å². The first kappa shape index (κ1) is 32.1. The fourth-order valence-electron chi connectivity index (χ4n) is 3.36. The van der Waals surface area contributed by atoms with Crippen LogP contribution in [-0.2, 0) is 23.9 Å². The predicted octanol–water partition coefficient (Wildman–Crippen LogP) is 4.84. The maximum atomic E-state index is 12.7.